The second-order valence-corrected chi connectivity index (χ2v) is 26.5. The van der Waals surface area contributed by atoms with E-state index in [9.17, 15) is 13.2 Å². The summed E-state index contributed by atoms with van der Waals surface area (Å²) in [6, 6.07) is 103. The summed E-state index contributed by atoms with van der Waals surface area (Å²) in [7, 11) is -4.14. The minimum Gasteiger partial charge on any atom is -1.00 e. The molecular formula is C88H78BClF3Ir2K2N8O10S-3. The Bertz CT molecular complexity index is 5410. The number of rotatable bonds is 6. The SMILES string of the molecule is CC1(C)OB(c2cccc3ccccc23)OC1(C)C.CO.CO.Cc1cccc(-c2[c-]cccc2)n1.Cc1cccc(-c2[c-]cccc2)n1.Clc1ncnc2ccccc12.O=CO[O-].O=S(=O)(O)C(F)(F)F.[H-].[Ir].[Ir].[K+].[K+].[c-]1ccc2ccccc2c1-c1ncnc2ccccc12.c1ccc2c(-c3ncnc4ccccc34)cccc2c1. The van der Waals surface area contributed by atoms with Gasteiger partial charge in [-0.1, -0.05) is 199 Å². The number of carbonyl (C=O) groups excluding carboxylic acids is 1. The number of aliphatic hydroxyl groups excluding tert-OH is 2. The Morgan fingerprint density at radius 3 is 1.28 bits per heavy atom. The fourth-order valence-electron chi connectivity index (χ4n) is 11.1. The number of fused-ring (bicyclic) bond motifs is 6. The third kappa shape index (κ3) is 28.6. The number of aliphatic hydroxyl groups is 2. The molecule has 116 heavy (non-hydrogen) atoms. The molecule has 0 aliphatic carbocycles. The second-order valence-electron chi connectivity index (χ2n) is 24.8. The van der Waals surface area contributed by atoms with Crippen LogP contribution >= 0.6 is 11.6 Å². The standard InChI is InChI=1S/C18H12N2.C18H11N2.C16H19BO2.2C12H10N.C8H5ClN2.CHF3O3S.CH2O3.2CH4O.2Ir.2K.H/c2*1-2-8-14-13(6-1)7-5-10-15(14)18-16-9-3-4-11-17(16)19-12-20-18;1-15(2)16(3,4)19-17(18-15)14-11-7-9-12-8-5-6-10-13(12)14;2*1-10-6-5-9-12(13-10)11-7-3-2-4-8-11;9-8-6-3-1-2-4-7(6)10-5-11-8;2-1(3,4)8(5,6)7;2-1-4-3;2*1-2;;;;;/h1-12H;1-9,11-12H;5-11H,1-4H3;2*2-7,9H,1H3;1-5H;(H,5,6,7);1,3H;2*2H,1H3;;;;;/q;-1;;2*-1;;;;;;;;2*+1;-1/p-1. The molecule has 0 amide bonds. The van der Waals surface area contributed by atoms with Crippen molar-refractivity contribution in [2.75, 3.05) is 14.2 Å². The molecule has 590 valence electrons. The van der Waals surface area contributed by atoms with Gasteiger partial charge in [0.1, 0.15) is 24.1 Å². The molecule has 1 saturated heterocycles. The molecule has 16 aromatic rings. The number of nitrogens with zero attached hydrogens (tertiary/aromatic N) is 8. The zero-order valence-corrected chi connectivity index (χ0v) is 77.4. The largest absolute Gasteiger partial charge is 1.00 e. The van der Waals surface area contributed by atoms with Crippen molar-refractivity contribution < 1.29 is 205 Å². The molecule has 0 spiro atoms. The molecule has 0 saturated carbocycles. The van der Waals surface area contributed by atoms with E-state index in [4.69, 9.17) is 54.1 Å². The van der Waals surface area contributed by atoms with E-state index in [-0.39, 0.29) is 169 Å². The van der Waals surface area contributed by atoms with Crippen LogP contribution in [0.25, 0.3) is 110 Å². The van der Waals surface area contributed by atoms with Gasteiger partial charge in [-0.25, -0.2) is 24.9 Å². The fourth-order valence-corrected chi connectivity index (χ4v) is 11.3. The topological polar surface area (TPSA) is 266 Å². The first kappa shape index (κ1) is 101. The van der Waals surface area contributed by atoms with Crippen molar-refractivity contribution in [2.45, 2.75) is 58.3 Å². The molecule has 17 rings (SSSR count). The van der Waals surface area contributed by atoms with Crippen molar-refractivity contribution in [3.05, 3.63) is 333 Å². The Hall–Kier alpha value is -7.58. The zero-order chi connectivity index (χ0) is 80.7. The van der Waals surface area contributed by atoms with Crippen LogP contribution < -0.4 is 113 Å². The van der Waals surface area contributed by atoms with Gasteiger partial charge in [-0.15, -0.1) is 101 Å². The van der Waals surface area contributed by atoms with Crippen LogP contribution in [0.2, 0.25) is 5.15 Å². The van der Waals surface area contributed by atoms with Crippen molar-refractivity contribution in [3.63, 3.8) is 0 Å². The molecule has 6 heterocycles. The van der Waals surface area contributed by atoms with Gasteiger partial charge in [-0.05, 0) is 127 Å². The summed E-state index contributed by atoms with van der Waals surface area (Å²) < 4.78 is 69.8. The average Bonchev–Trinajstić information content (AvgIpc) is 1.68. The number of benzene rings is 11. The number of hydrogen-bond acceptors (Lipinski definition) is 17. The normalized spacial score (nSPS) is 11.7. The molecule has 2 radical (unpaired) electrons. The zero-order valence-electron chi connectivity index (χ0n) is 65.8. The van der Waals surface area contributed by atoms with Crippen molar-refractivity contribution in [3.8, 4) is 45.0 Å². The van der Waals surface area contributed by atoms with E-state index in [1.54, 1.807) is 12.7 Å². The predicted molar refractivity (Wildman–Crippen MR) is 437 cm³/mol. The maximum atomic E-state index is 10.7. The Balaban J connectivity index is 0.000000351. The van der Waals surface area contributed by atoms with Crippen LogP contribution in [-0.2, 0) is 69.3 Å². The van der Waals surface area contributed by atoms with Crippen LogP contribution in [0.4, 0.5) is 13.2 Å². The number of halogens is 4. The van der Waals surface area contributed by atoms with Gasteiger partial charge in [0.2, 0.25) is 0 Å². The summed E-state index contributed by atoms with van der Waals surface area (Å²) in [5, 5.41) is 33.2. The van der Waals surface area contributed by atoms with Gasteiger partial charge in [0.15, 0.2) is 0 Å². The van der Waals surface area contributed by atoms with E-state index >= 15 is 0 Å². The number of hydrogen-bond donors (Lipinski definition) is 3. The van der Waals surface area contributed by atoms with Crippen molar-refractivity contribution in [1.29, 1.82) is 0 Å². The summed E-state index contributed by atoms with van der Waals surface area (Å²) in [6.45, 7) is 12.1. The molecule has 1 aliphatic rings. The van der Waals surface area contributed by atoms with Gasteiger partial charge >= 0.3 is 126 Å². The predicted octanol–water partition coefficient (Wildman–Crippen LogP) is 12.0. The molecule has 1 aliphatic heterocycles. The number of alkyl halides is 3. The Kier molecular flexibility index (Phi) is 43.7. The number of carbonyl (C=O) groups is 1. The van der Waals surface area contributed by atoms with Gasteiger partial charge in [0.25, 0.3) is 6.47 Å². The molecule has 5 aromatic heterocycles. The van der Waals surface area contributed by atoms with E-state index in [1.165, 1.54) is 38.6 Å². The molecule has 3 N–H and O–H groups in total. The number of aryl methyl sites for hydroxylation is 2. The quantitative estimate of drug-likeness (QED) is 0.0204. The Morgan fingerprint density at radius 1 is 0.466 bits per heavy atom. The Morgan fingerprint density at radius 2 is 0.828 bits per heavy atom. The summed E-state index contributed by atoms with van der Waals surface area (Å²) in [6.07, 6.45) is 4.72. The first-order valence-corrected chi connectivity index (χ1v) is 36.3. The van der Waals surface area contributed by atoms with Gasteiger partial charge < -0.3 is 41.1 Å². The monoisotopic (exact) mass is 2010 g/mol. The van der Waals surface area contributed by atoms with Gasteiger partial charge in [0, 0.05) is 82.2 Å². The summed E-state index contributed by atoms with van der Waals surface area (Å²) in [5.41, 5.74) is 8.05. The molecule has 1 fully saturated rings. The van der Waals surface area contributed by atoms with Crippen LogP contribution in [0.1, 0.15) is 40.5 Å². The Labute approximate surface area is 791 Å². The van der Waals surface area contributed by atoms with Gasteiger partial charge in [0.05, 0.1) is 33.4 Å². The van der Waals surface area contributed by atoms with E-state index in [0.29, 0.717) is 5.15 Å². The van der Waals surface area contributed by atoms with Gasteiger partial charge in [-0.2, -0.15) is 21.6 Å². The van der Waals surface area contributed by atoms with Crippen LogP contribution in [0.5, 0.6) is 0 Å². The maximum absolute atomic E-state index is 10.7. The average molecular weight is 2010 g/mol. The number of pyridine rings is 2. The molecule has 18 nitrogen and oxygen atoms in total. The molecule has 28 heteroatoms. The summed E-state index contributed by atoms with van der Waals surface area (Å²) in [4.78, 5) is 45.6. The van der Waals surface area contributed by atoms with E-state index in [1.807, 2.05) is 178 Å². The molecule has 0 bridgehead atoms. The van der Waals surface area contributed by atoms with E-state index < -0.39 is 15.6 Å². The van der Waals surface area contributed by atoms with E-state index in [0.717, 1.165) is 109 Å². The van der Waals surface area contributed by atoms with Crippen molar-refractivity contribution in [1.82, 2.24) is 39.9 Å². The van der Waals surface area contributed by atoms with Crippen molar-refractivity contribution in [2.24, 2.45) is 0 Å². The molecule has 0 atom stereocenters. The molecular weight excluding hydrogens is 1930 g/mol. The third-order valence-electron chi connectivity index (χ3n) is 17.0. The minimum atomic E-state index is -5.84. The van der Waals surface area contributed by atoms with Crippen molar-refractivity contribution >= 4 is 106 Å². The number of para-hydroxylation sites is 3. The van der Waals surface area contributed by atoms with Crippen LogP contribution in [-0.4, -0.2) is 108 Å². The van der Waals surface area contributed by atoms with Crippen LogP contribution in [0.15, 0.2) is 298 Å². The fraction of sp³-hybridized carbons (Fsp3) is 0.125. The van der Waals surface area contributed by atoms with Gasteiger partial charge in [-0.3, -0.25) is 14.3 Å². The molecule has 11 aromatic carbocycles. The first-order valence-electron chi connectivity index (χ1n) is 34.5. The summed E-state index contributed by atoms with van der Waals surface area (Å²) in [5.74, 6) is 0. The second kappa shape index (κ2) is 50.4. The number of aromatic nitrogens is 8. The smallest absolute Gasteiger partial charge is 1.00 e. The van der Waals surface area contributed by atoms with E-state index in [2.05, 4.69) is 206 Å². The third-order valence-corrected chi connectivity index (χ3v) is 17.9. The maximum Gasteiger partial charge on any atom is 1.00 e. The summed E-state index contributed by atoms with van der Waals surface area (Å²) >= 11 is 5.81. The minimum absolute atomic E-state index is 0. The van der Waals surface area contributed by atoms with Crippen LogP contribution in [0, 0.1) is 32.0 Å². The first-order chi connectivity index (χ1) is 54.0. The van der Waals surface area contributed by atoms with Crippen LogP contribution in [0.3, 0.4) is 0 Å². The molecule has 0 unspecified atom stereocenters.